The van der Waals surface area contributed by atoms with E-state index in [1.807, 2.05) is 13.0 Å². The highest BCUT2D eigenvalue weighted by Gasteiger charge is 2.11. The molecule has 0 amide bonds. The lowest BCUT2D eigenvalue weighted by Crippen LogP contribution is -1.96. The molecular weight excluding hydrogens is 248 g/mol. The van der Waals surface area contributed by atoms with Crippen LogP contribution >= 0.6 is 38.9 Å². The fraction of sp³-hybridized carbons (Fsp3) is 0.286. The van der Waals surface area contributed by atoms with Crippen molar-refractivity contribution in [3.05, 3.63) is 20.3 Å². The van der Waals surface area contributed by atoms with E-state index in [-0.39, 0.29) is 11.7 Å². The maximum Gasteiger partial charge on any atom is 0.188 e. The minimum atomic E-state index is -0.0170. The average Bonchev–Trinajstić information content (AvgIpc) is 2.28. The predicted octanol–water partition coefficient (Wildman–Crippen LogP) is 3.24. The molecule has 0 N–H and O–H groups in total. The van der Waals surface area contributed by atoms with E-state index in [2.05, 4.69) is 15.9 Å². The van der Waals surface area contributed by atoms with Gasteiger partial charge in [0.15, 0.2) is 5.78 Å². The molecule has 1 aromatic rings. The van der Waals surface area contributed by atoms with Crippen LogP contribution in [0.5, 0.6) is 0 Å². The zero-order valence-electron chi connectivity index (χ0n) is 5.86. The maximum absolute atomic E-state index is 11.1. The summed E-state index contributed by atoms with van der Waals surface area (Å²) in [4.78, 5) is 12.9. The number of Topliss-reactive ketones (excluding diaryl/α,β-unsaturated/α-hetero) is 1. The third-order valence-electron chi connectivity index (χ3n) is 1.18. The fourth-order valence-electron chi connectivity index (χ4n) is 0.734. The Labute approximate surface area is 82.5 Å². The van der Waals surface area contributed by atoms with E-state index in [0.29, 0.717) is 0 Å². The molecule has 1 heterocycles. The second-order valence-electron chi connectivity index (χ2n) is 2.09. The lowest BCUT2D eigenvalue weighted by atomic mass is 10.3. The van der Waals surface area contributed by atoms with Crippen LogP contribution in [-0.4, -0.2) is 11.7 Å². The zero-order chi connectivity index (χ0) is 8.43. The van der Waals surface area contributed by atoms with Crippen molar-refractivity contribution in [3.8, 4) is 0 Å². The van der Waals surface area contributed by atoms with Gasteiger partial charge < -0.3 is 0 Å². The van der Waals surface area contributed by atoms with E-state index in [0.717, 1.165) is 14.2 Å². The molecule has 0 unspecified atom stereocenters. The highest BCUT2D eigenvalue weighted by Crippen LogP contribution is 2.27. The average molecular weight is 254 g/mol. The molecule has 0 aliphatic carbocycles. The van der Waals surface area contributed by atoms with E-state index in [4.69, 9.17) is 11.6 Å². The first kappa shape index (κ1) is 9.23. The molecule has 0 fully saturated rings. The molecular formula is C7H6BrClOS. The molecule has 1 rings (SSSR count). The summed E-state index contributed by atoms with van der Waals surface area (Å²) in [6.45, 7) is 1.96. The Balaban J connectivity index is 3.03. The molecule has 0 saturated heterocycles. The van der Waals surface area contributed by atoms with Gasteiger partial charge >= 0.3 is 0 Å². The predicted molar refractivity (Wildman–Crippen MR) is 51.8 cm³/mol. The molecule has 0 radical (unpaired) electrons. The summed E-state index contributed by atoms with van der Waals surface area (Å²) in [5.41, 5.74) is 0. The van der Waals surface area contributed by atoms with Gasteiger partial charge in [-0.25, -0.2) is 0 Å². The molecule has 0 aromatic carbocycles. The quantitative estimate of drug-likeness (QED) is 0.584. The molecule has 1 aromatic heterocycles. The van der Waals surface area contributed by atoms with E-state index < -0.39 is 0 Å². The number of rotatable bonds is 2. The van der Waals surface area contributed by atoms with Gasteiger partial charge in [0.25, 0.3) is 0 Å². The van der Waals surface area contributed by atoms with Crippen molar-refractivity contribution in [2.24, 2.45) is 0 Å². The van der Waals surface area contributed by atoms with Gasteiger partial charge in [-0.1, -0.05) is 0 Å². The third-order valence-corrected chi connectivity index (χ3v) is 3.41. The maximum atomic E-state index is 11.1. The Bertz CT molecular complexity index is 282. The SMILES string of the molecule is Cc1cc(Br)c(C(=O)CCl)s1. The van der Waals surface area contributed by atoms with Crippen LogP contribution in [0.25, 0.3) is 0 Å². The zero-order valence-corrected chi connectivity index (χ0v) is 9.02. The number of alkyl halides is 1. The molecule has 0 aliphatic heterocycles. The molecule has 60 valence electrons. The summed E-state index contributed by atoms with van der Waals surface area (Å²) < 4.78 is 0.852. The van der Waals surface area contributed by atoms with E-state index >= 15 is 0 Å². The van der Waals surface area contributed by atoms with Crippen LogP contribution in [0.3, 0.4) is 0 Å². The summed E-state index contributed by atoms with van der Waals surface area (Å²) in [7, 11) is 0. The van der Waals surface area contributed by atoms with Crippen LogP contribution in [0.1, 0.15) is 14.5 Å². The third kappa shape index (κ3) is 2.04. The normalized spacial score (nSPS) is 10.1. The first-order chi connectivity index (χ1) is 5.15. The highest BCUT2D eigenvalue weighted by atomic mass is 79.9. The van der Waals surface area contributed by atoms with Gasteiger partial charge in [-0.3, -0.25) is 4.79 Å². The first-order valence-corrected chi connectivity index (χ1v) is 5.14. The number of carbonyl (C=O) groups is 1. The summed E-state index contributed by atoms with van der Waals surface area (Å²) in [5, 5.41) is 0. The number of carbonyl (C=O) groups excluding carboxylic acids is 1. The van der Waals surface area contributed by atoms with Crippen molar-refractivity contribution >= 4 is 44.7 Å². The summed E-state index contributed by atoms with van der Waals surface area (Å²) in [5.74, 6) is 0.0371. The van der Waals surface area contributed by atoms with Gasteiger partial charge in [-0.05, 0) is 28.9 Å². The van der Waals surface area contributed by atoms with Crippen molar-refractivity contribution in [2.45, 2.75) is 6.92 Å². The smallest absolute Gasteiger partial charge is 0.188 e. The Morgan fingerprint density at radius 1 is 1.82 bits per heavy atom. The van der Waals surface area contributed by atoms with Crippen LogP contribution in [0.2, 0.25) is 0 Å². The number of hydrogen-bond donors (Lipinski definition) is 0. The number of ketones is 1. The molecule has 0 saturated carbocycles. The molecule has 4 heteroatoms. The lowest BCUT2D eigenvalue weighted by Gasteiger charge is -1.89. The second-order valence-corrected chi connectivity index (χ2v) is 4.47. The monoisotopic (exact) mass is 252 g/mol. The Morgan fingerprint density at radius 3 is 2.82 bits per heavy atom. The summed E-state index contributed by atoms with van der Waals surface area (Å²) in [6.07, 6.45) is 0. The first-order valence-electron chi connectivity index (χ1n) is 3.00. The van der Waals surface area contributed by atoms with E-state index in [1.165, 1.54) is 11.3 Å². The van der Waals surface area contributed by atoms with Gasteiger partial charge in [0.05, 0.1) is 10.8 Å². The number of aryl methyl sites for hydroxylation is 1. The van der Waals surface area contributed by atoms with Crippen LogP contribution < -0.4 is 0 Å². The van der Waals surface area contributed by atoms with Crippen LogP contribution in [-0.2, 0) is 0 Å². The van der Waals surface area contributed by atoms with Crippen molar-refractivity contribution in [3.63, 3.8) is 0 Å². The minimum absolute atomic E-state index is 0.0170. The summed E-state index contributed by atoms with van der Waals surface area (Å²) >= 11 is 10.2. The van der Waals surface area contributed by atoms with Crippen molar-refractivity contribution in [1.29, 1.82) is 0 Å². The van der Waals surface area contributed by atoms with Gasteiger partial charge in [-0.2, -0.15) is 0 Å². The topological polar surface area (TPSA) is 17.1 Å². The standard InChI is InChI=1S/C7H6BrClOS/c1-4-2-5(8)7(11-4)6(10)3-9/h2H,3H2,1H3. The number of hydrogen-bond acceptors (Lipinski definition) is 2. The molecule has 1 nitrogen and oxygen atoms in total. The van der Waals surface area contributed by atoms with Crippen LogP contribution in [0.15, 0.2) is 10.5 Å². The summed E-state index contributed by atoms with van der Waals surface area (Å²) in [6, 6.07) is 1.92. The van der Waals surface area contributed by atoms with Gasteiger partial charge in [0.1, 0.15) is 0 Å². The Hall–Kier alpha value is 0.140. The van der Waals surface area contributed by atoms with Crippen molar-refractivity contribution in [2.75, 3.05) is 5.88 Å². The number of halogens is 2. The fourth-order valence-corrected chi connectivity index (χ4v) is 2.75. The van der Waals surface area contributed by atoms with E-state index in [1.54, 1.807) is 0 Å². The second kappa shape index (κ2) is 3.70. The molecule has 0 spiro atoms. The Kier molecular flexibility index (Phi) is 3.10. The number of thiophene rings is 1. The minimum Gasteiger partial charge on any atom is -0.292 e. The largest absolute Gasteiger partial charge is 0.292 e. The molecule has 11 heavy (non-hydrogen) atoms. The van der Waals surface area contributed by atoms with Crippen molar-refractivity contribution in [1.82, 2.24) is 0 Å². The van der Waals surface area contributed by atoms with Crippen LogP contribution in [0.4, 0.5) is 0 Å². The van der Waals surface area contributed by atoms with Gasteiger partial charge in [0.2, 0.25) is 0 Å². The lowest BCUT2D eigenvalue weighted by molar-refractivity contribution is 0.102. The van der Waals surface area contributed by atoms with Gasteiger partial charge in [-0.15, -0.1) is 22.9 Å². The molecule has 0 atom stereocenters. The van der Waals surface area contributed by atoms with E-state index in [9.17, 15) is 4.79 Å². The van der Waals surface area contributed by atoms with Crippen LogP contribution in [0, 0.1) is 6.92 Å². The molecule has 0 bridgehead atoms. The van der Waals surface area contributed by atoms with Crippen molar-refractivity contribution < 1.29 is 4.79 Å². The Morgan fingerprint density at radius 2 is 2.45 bits per heavy atom. The molecule has 0 aliphatic rings. The highest BCUT2D eigenvalue weighted by molar-refractivity contribution is 9.10. The van der Waals surface area contributed by atoms with Gasteiger partial charge in [0, 0.05) is 9.35 Å².